The number of aliphatic hydroxyl groups excluding tert-OH is 1. The van der Waals surface area contributed by atoms with Gasteiger partial charge in [0.2, 0.25) is 5.88 Å². The van der Waals surface area contributed by atoms with Gasteiger partial charge in [0.05, 0.1) is 24.7 Å². The molecule has 6 heteroatoms. The zero-order valence-electron chi connectivity index (χ0n) is 8.60. The number of rotatable bonds is 3. The van der Waals surface area contributed by atoms with Gasteiger partial charge >= 0.3 is 0 Å². The van der Waals surface area contributed by atoms with Gasteiger partial charge < -0.3 is 9.84 Å². The molecular weight excluding hydrogens is 230 g/mol. The van der Waals surface area contributed by atoms with Crippen LogP contribution in [0.5, 0.6) is 11.6 Å². The largest absolute Gasteiger partial charge is 0.437 e. The second kappa shape index (κ2) is 4.84. The lowest BCUT2D eigenvalue weighted by atomic mass is 10.3. The molecule has 1 aromatic heterocycles. The fraction of sp³-hybridized carbons (Fsp3) is 0.0909. The van der Waals surface area contributed by atoms with Gasteiger partial charge in [-0.2, -0.15) is 0 Å². The van der Waals surface area contributed by atoms with Crippen molar-refractivity contribution in [3.63, 3.8) is 0 Å². The molecule has 1 heterocycles. The number of hydrogen-bond acceptors (Lipinski definition) is 4. The van der Waals surface area contributed by atoms with E-state index in [0.717, 1.165) is 18.2 Å². The summed E-state index contributed by atoms with van der Waals surface area (Å²) in [6.45, 7) is -0.290. The standard InChI is InChI=1S/C11H8F2N2O2/c12-7-1-8(13)3-10(2-7)17-11-5-14-4-9(6-16)15-11/h1-5,16H,6H2. The van der Waals surface area contributed by atoms with Gasteiger partial charge in [0.25, 0.3) is 0 Å². The first-order valence-electron chi connectivity index (χ1n) is 4.73. The van der Waals surface area contributed by atoms with Crippen molar-refractivity contribution in [2.75, 3.05) is 0 Å². The number of benzene rings is 1. The Labute approximate surface area is 95.5 Å². The number of nitrogens with zero attached hydrogens (tertiary/aromatic N) is 2. The van der Waals surface area contributed by atoms with E-state index < -0.39 is 11.6 Å². The van der Waals surface area contributed by atoms with Crippen LogP contribution in [0.1, 0.15) is 5.69 Å². The van der Waals surface area contributed by atoms with Crippen LogP contribution in [0.2, 0.25) is 0 Å². The molecule has 2 rings (SSSR count). The fourth-order valence-corrected chi connectivity index (χ4v) is 1.22. The molecule has 0 saturated carbocycles. The van der Waals surface area contributed by atoms with Crippen LogP contribution in [0.25, 0.3) is 0 Å². The van der Waals surface area contributed by atoms with Gasteiger partial charge in [-0.3, -0.25) is 4.98 Å². The van der Waals surface area contributed by atoms with Crippen LogP contribution in [0.15, 0.2) is 30.6 Å². The molecule has 2 aromatic rings. The quantitative estimate of drug-likeness (QED) is 0.889. The maximum atomic E-state index is 12.9. The van der Waals surface area contributed by atoms with Crippen LogP contribution in [-0.4, -0.2) is 15.1 Å². The van der Waals surface area contributed by atoms with E-state index in [1.54, 1.807) is 0 Å². The topological polar surface area (TPSA) is 55.2 Å². The van der Waals surface area contributed by atoms with E-state index in [4.69, 9.17) is 9.84 Å². The molecule has 0 saturated heterocycles. The predicted molar refractivity (Wildman–Crippen MR) is 54.4 cm³/mol. The first-order chi connectivity index (χ1) is 8.17. The number of aliphatic hydroxyl groups is 1. The van der Waals surface area contributed by atoms with Crippen LogP contribution in [0.4, 0.5) is 8.78 Å². The number of hydrogen-bond donors (Lipinski definition) is 1. The van der Waals surface area contributed by atoms with E-state index in [9.17, 15) is 8.78 Å². The van der Waals surface area contributed by atoms with E-state index in [-0.39, 0.29) is 18.2 Å². The highest BCUT2D eigenvalue weighted by Crippen LogP contribution is 2.21. The second-order valence-electron chi connectivity index (χ2n) is 3.21. The Hall–Kier alpha value is -2.08. The van der Waals surface area contributed by atoms with Crippen LogP contribution in [0, 0.1) is 11.6 Å². The van der Waals surface area contributed by atoms with Gasteiger partial charge in [-0.05, 0) is 0 Å². The Morgan fingerprint density at radius 3 is 2.47 bits per heavy atom. The Balaban J connectivity index is 2.24. The number of aromatic nitrogens is 2. The summed E-state index contributed by atoms with van der Waals surface area (Å²) >= 11 is 0. The van der Waals surface area contributed by atoms with Gasteiger partial charge in [0.1, 0.15) is 17.4 Å². The third-order valence-electron chi connectivity index (χ3n) is 1.88. The summed E-state index contributed by atoms with van der Waals surface area (Å²) in [5.41, 5.74) is 0.305. The van der Waals surface area contributed by atoms with Crippen molar-refractivity contribution in [3.8, 4) is 11.6 Å². The van der Waals surface area contributed by atoms with Crippen LogP contribution < -0.4 is 4.74 Å². The summed E-state index contributed by atoms with van der Waals surface area (Å²) in [5, 5.41) is 8.84. The third-order valence-corrected chi connectivity index (χ3v) is 1.88. The normalized spacial score (nSPS) is 10.3. The van der Waals surface area contributed by atoms with Gasteiger partial charge in [0, 0.05) is 18.2 Å². The highest BCUT2D eigenvalue weighted by Gasteiger charge is 2.04. The highest BCUT2D eigenvalue weighted by atomic mass is 19.1. The Morgan fingerprint density at radius 2 is 1.82 bits per heavy atom. The van der Waals surface area contributed by atoms with E-state index in [1.165, 1.54) is 12.4 Å². The Morgan fingerprint density at radius 1 is 1.12 bits per heavy atom. The van der Waals surface area contributed by atoms with Crippen molar-refractivity contribution in [1.29, 1.82) is 0 Å². The zero-order chi connectivity index (χ0) is 12.3. The van der Waals surface area contributed by atoms with Crippen molar-refractivity contribution in [1.82, 2.24) is 9.97 Å². The van der Waals surface area contributed by atoms with Crippen molar-refractivity contribution >= 4 is 0 Å². The molecule has 0 aliphatic rings. The average molecular weight is 238 g/mol. The molecule has 0 aliphatic heterocycles. The third kappa shape index (κ3) is 2.94. The summed E-state index contributed by atoms with van der Waals surface area (Å²) in [7, 11) is 0. The lowest BCUT2D eigenvalue weighted by Crippen LogP contribution is -1.95. The van der Waals surface area contributed by atoms with E-state index >= 15 is 0 Å². The van der Waals surface area contributed by atoms with Crippen LogP contribution >= 0.6 is 0 Å². The van der Waals surface area contributed by atoms with Gasteiger partial charge in [-0.1, -0.05) is 0 Å². The van der Waals surface area contributed by atoms with Crippen molar-refractivity contribution in [2.24, 2.45) is 0 Å². The zero-order valence-corrected chi connectivity index (χ0v) is 8.60. The SMILES string of the molecule is OCc1cncc(Oc2cc(F)cc(F)c2)n1. The summed E-state index contributed by atoms with van der Waals surface area (Å²) < 4.78 is 30.9. The molecule has 17 heavy (non-hydrogen) atoms. The number of ether oxygens (including phenoxy) is 1. The second-order valence-corrected chi connectivity index (χ2v) is 3.21. The molecular formula is C11H8F2N2O2. The van der Waals surface area contributed by atoms with E-state index in [2.05, 4.69) is 9.97 Å². The molecule has 1 N–H and O–H groups in total. The lowest BCUT2D eigenvalue weighted by molar-refractivity contribution is 0.274. The first-order valence-corrected chi connectivity index (χ1v) is 4.73. The van der Waals surface area contributed by atoms with Crippen LogP contribution in [-0.2, 0) is 6.61 Å². The Bertz CT molecular complexity index is 514. The van der Waals surface area contributed by atoms with Gasteiger partial charge in [0.15, 0.2) is 0 Å². The van der Waals surface area contributed by atoms with Gasteiger partial charge in [-0.15, -0.1) is 0 Å². The predicted octanol–water partition coefficient (Wildman–Crippen LogP) is 2.04. The molecule has 0 aliphatic carbocycles. The molecule has 0 bridgehead atoms. The van der Waals surface area contributed by atoms with Crippen molar-refractivity contribution in [3.05, 3.63) is 47.9 Å². The maximum Gasteiger partial charge on any atom is 0.238 e. The minimum Gasteiger partial charge on any atom is -0.437 e. The molecule has 4 nitrogen and oxygen atoms in total. The molecule has 0 fully saturated rings. The summed E-state index contributed by atoms with van der Waals surface area (Å²) in [4.78, 5) is 7.63. The minimum atomic E-state index is -0.744. The highest BCUT2D eigenvalue weighted by molar-refractivity contribution is 5.27. The monoisotopic (exact) mass is 238 g/mol. The molecule has 0 unspecified atom stereocenters. The van der Waals surface area contributed by atoms with Crippen LogP contribution in [0.3, 0.4) is 0 Å². The molecule has 1 aromatic carbocycles. The van der Waals surface area contributed by atoms with Crippen molar-refractivity contribution in [2.45, 2.75) is 6.61 Å². The molecule has 0 atom stereocenters. The smallest absolute Gasteiger partial charge is 0.238 e. The first kappa shape index (κ1) is 11.4. The Kier molecular flexibility index (Phi) is 3.24. The maximum absolute atomic E-state index is 12.9. The molecule has 0 spiro atoms. The van der Waals surface area contributed by atoms with E-state index in [1.807, 2.05) is 0 Å². The van der Waals surface area contributed by atoms with Gasteiger partial charge in [-0.25, -0.2) is 13.8 Å². The summed E-state index contributed by atoms with van der Waals surface area (Å²) in [6.07, 6.45) is 2.64. The lowest BCUT2D eigenvalue weighted by Gasteiger charge is -2.05. The average Bonchev–Trinajstić information content (AvgIpc) is 2.28. The molecule has 0 amide bonds. The van der Waals surface area contributed by atoms with Crippen molar-refractivity contribution < 1.29 is 18.6 Å². The number of halogens is 2. The fourth-order valence-electron chi connectivity index (χ4n) is 1.22. The molecule has 88 valence electrons. The van der Waals surface area contributed by atoms with E-state index in [0.29, 0.717) is 5.69 Å². The summed E-state index contributed by atoms with van der Waals surface area (Å²) in [6, 6.07) is 2.79. The molecule has 0 radical (unpaired) electrons. The summed E-state index contributed by atoms with van der Waals surface area (Å²) in [5.74, 6) is -1.45. The minimum absolute atomic E-state index is 0.0214.